The van der Waals surface area contributed by atoms with Gasteiger partial charge in [0.25, 0.3) is 0 Å². The van der Waals surface area contributed by atoms with Gasteiger partial charge >= 0.3 is 0 Å². The molecular formula is C16H23BrN2O. The molecule has 0 aliphatic carbocycles. The van der Waals surface area contributed by atoms with Crippen LogP contribution in [-0.4, -0.2) is 23.8 Å². The van der Waals surface area contributed by atoms with Gasteiger partial charge in [-0.05, 0) is 49.4 Å². The summed E-state index contributed by atoms with van der Waals surface area (Å²) in [7, 11) is 0. The van der Waals surface area contributed by atoms with Gasteiger partial charge in [0, 0.05) is 24.5 Å². The first kappa shape index (κ1) is 15.4. The van der Waals surface area contributed by atoms with E-state index in [9.17, 15) is 4.79 Å². The van der Waals surface area contributed by atoms with E-state index < -0.39 is 0 Å². The number of rotatable bonds is 4. The molecule has 4 heteroatoms. The lowest BCUT2D eigenvalue weighted by Gasteiger charge is -2.32. The Bertz CT molecular complexity index is 438. The number of piperidine rings is 1. The third-order valence-electron chi connectivity index (χ3n) is 3.93. The van der Waals surface area contributed by atoms with Crippen molar-refractivity contribution in [3.8, 4) is 0 Å². The number of halogens is 1. The highest BCUT2D eigenvalue weighted by molar-refractivity contribution is 9.10. The average molecular weight is 339 g/mol. The van der Waals surface area contributed by atoms with Crippen LogP contribution in [0.15, 0.2) is 24.3 Å². The van der Waals surface area contributed by atoms with Gasteiger partial charge in [0.15, 0.2) is 0 Å². The van der Waals surface area contributed by atoms with Crippen LogP contribution >= 0.6 is 15.9 Å². The lowest BCUT2D eigenvalue weighted by molar-refractivity contribution is -0.115. The van der Waals surface area contributed by atoms with E-state index in [-0.39, 0.29) is 10.7 Å². The van der Waals surface area contributed by atoms with E-state index >= 15 is 0 Å². The van der Waals surface area contributed by atoms with Gasteiger partial charge in [-0.15, -0.1) is 0 Å². The van der Waals surface area contributed by atoms with Gasteiger partial charge < -0.3 is 10.2 Å². The predicted molar refractivity (Wildman–Crippen MR) is 88.7 cm³/mol. The molecule has 1 aromatic carbocycles. The number of benzene rings is 1. The van der Waals surface area contributed by atoms with E-state index in [2.05, 4.69) is 45.2 Å². The molecule has 1 heterocycles. The van der Waals surface area contributed by atoms with Crippen LogP contribution < -0.4 is 10.2 Å². The van der Waals surface area contributed by atoms with E-state index in [1.165, 1.54) is 18.5 Å². The Labute approximate surface area is 129 Å². The molecule has 1 aliphatic rings. The molecule has 110 valence electrons. The summed E-state index contributed by atoms with van der Waals surface area (Å²) < 4.78 is 0. The van der Waals surface area contributed by atoms with Crippen LogP contribution in [0.2, 0.25) is 0 Å². The van der Waals surface area contributed by atoms with E-state index in [0.717, 1.165) is 31.1 Å². The van der Waals surface area contributed by atoms with Crippen LogP contribution in [0.5, 0.6) is 0 Å². The maximum Gasteiger partial charge on any atom is 0.238 e. The summed E-state index contributed by atoms with van der Waals surface area (Å²) in [5.74, 6) is 0.863. The van der Waals surface area contributed by atoms with Crippen molar-refractivity contribution >= 4 is 33.2 Å². The van der Waals surface area contributed by atoms with Gasteiger partial charge in [0.2, 0.25) is 5.91 Å². The Hall–Kier alpha value is -1.03. The van der Waals surface area contributed by atoms with Gasteiger partial charge in [-0.3, -0.25) is 4.79 Å². The summed E-state index contributed by atoms with van der Waals surface area (Å²) in [6.07, 6.45) is 3.32. The Morgan fingerprint density at radius 3 is 2.50 bits per heavy atom. The van der Waals surface area contributed by atoms with Crippen molar-refractivity contribution in [3.05, 3.63) is 24.3 Å². The molecule has 0 radical (unpaired) electrons. The molecule has 1 unspecified atom stereocenters. The summed E-state index contributed by atoms with van der Waals surface area (Å²) in [4.78, 5) is 14.1. The number of alkyl halides is 1. The summed E-state index contributed by atoms with van der Waals surface area (Å²) in [5.41, 5.74) is 2.11. The molecule has 2 rings (SSSR count). The SMILES string of the molecule is CCC(Br)C(=O)Nc1ccc(N2CCC(C)CC2)cc1. The molecule has 1 aromatic rings. The number of nitrogens with one attached hydrogen (secondary N) is 1. The van der Waals surface area contributed by atoms with E-state index in [1.807, 2.05) is 19.1 Å². The highest BCUT2D eigenvalue weighted by Gasteiger charge is 2.16. The van der Waals surface area contributed by atoms with Crippen molar-refractivity contribution in [2.45, 2.75) is 37.9 Å². The summed E-state index contributed by atoms with van der Waals surface area (Å²) >= 11 is 3.36. The number of hydrogen-bond donors (Lipinski definition) is 1. The van der Waals surface area contributed by atoms with Crippen LogP contribution in [-0.2, 0) is 4.79 Å². The van der Waals surface area contributed by atoms with E-state index in [0.29, 0.717) is 0 Å². The second kappa shape index (κ2) is 7.11. The molecule has 20 heavy (non-hydrogen) atoms. The van der Waals surface area contributed by atoms with Crippen molar-refractivity contribution in [2.75, 3.05) is 23.3 Å². The van der Waals surface area contributed by atoms with Crippen LogP contribution in [0.3, 0.4) is 0 Å². The van der Waals surface area contributed by atoms with E-state index in [1.54, 1.807) is 0 Å². The van der Waals surface area contributed by atoms with Crippen LogP contribution in [0.4, 0.5) is 11.4 Å². The predicted octanol–water partition coefficient (Wildman–Crippen LogP) is 4.03. The smallest absolute Gasteiger partial charge is 0.238 e. The summed E-state index contributed by atoms with van der Waals surface area (Å²) in [6, 6.07) is 8.17. The molecule has 1 fully saturated rings. The first-order chi connectivity index (χ1) is 9.60. The molecule has 1 amide bonds. The second-order valence-corrected chi connectivity index (χ2v) is 6.69. The van der Waals surface area contributed by atoms with Crippen molar-refractivity contribution in [3.63, 3.8) is 0 Å². The molecule has 1 atom stereocenters. The fraction of sp³-hybridized carbons (Fsp3) is 0.562. The van der Waals surface area contributed by atoms with Crippen molar-refractivity contribution < 1.29 is 4.79 Å². The standard InChI is InChI=1S/C16H23BrN2O/c1-3-15(17)16(20)18-13-4-6-14(7-5-13)19-10-8-12(2)9-11-19/h4-7,12,15H,3,8-11H2,1-2H3,(H,18,20). The van der Waals surface area contributed by atoms with Crippen molar-refractivity contribution in [1.82, 2.24) is 0 Å². The molecule has 0 spiro atoms. The lowest BCUT2D eigenvalue weighted by Crippen LogP contribution is -2.32. The van der Waals surface area contributed by atoms with E-state index in [4.69, 9.17) is 0 Å². The Morgan fingerprint density at radius 2 is 1.95 bits per heavy atom. The van der Waals surface area contributed by atoms with Gasteiger partial charge in [0.1, 0.15) is 0 Å². The van der Waals surface area contributed by atoms with Crippen molar-refractivity contribution in [1.29, 1.82) is 0 Å². The topological polar surface area (TPSA) is 32.3 Å². The zero-order chi connectivity index (χ0) is 14.5. The van der Waals surface area contributed by atoms with Gasteiger partial charge in [-0.2, -0.15) is 0 Å². The first-order valence-electron chi connectivity index (χ1n) is 7.40. The minimum Gasteiger partial charge on any atom is -0.372 e. The highest BCUT2D eigenvalue weighted by atomic mass is 79.9. The zero-order valence-electron chi connectivity index (χ0n) is 12.2. The fourth-order valence-electron chi connectivity index (χ4n) is 2.43. The summed E-state index contributed by atoms with van der Waals surface area (Å²) in [5, 5.41) is 2.93. The molecule has 1 aliphatic heterocycles. The minimum atomic E-state index is -0.120. The number of anilines is 2. The molecule has 0 saturated carbocycles. The zero-order valence-corrected chi connectivity index (χ0v) is 13.8. The molecule has 3 nitrogen and oxygen atoms in total. The quantitative estimate of drug-likeness (QED) is 0.840. The molecule has 0 aromatic heterocycles. The second-order valence-electron chi connectivity index (χ2n) is 5.58. The maximum absolute atomic E-state index is 11.8. The maximum atomic E-state index is 11.8. The Kier molecular flexibility index (Phi) is 5.46. The molecular weight excluding hydrogens is 316 g/mol. The Morgan fingerprint density at radius 1 is 1.35 bits per heavy atom. The molecule has 0 bridgehead atoms. The molecule has 1 N–H and O–H groups in total. The molecule has 1 saturated heterocycles. The van der Waals surface area contributed by atoms with Crippen LogP contribution in [0.25, 0.3) is 0 Å². The number of nitrogens with zero attached hydrogens (tertiary/aromatic N) is 1. The number of amides is 1. The van der Waals surface area contributed by atoms with Crippen molar-refractivity contribution in [2.24, 2.45) is 5.92 Å². The summed E-state index contributed by atoms with van der Waals surface area (Å²) in [6.45, 7) is 6.57. The van der Waals surface area contributed by atoms with Crippen LogP contribution in [0.1, 0.15) is 33.1 Å². The lowest BCUT2D eigenvalue weighted by atomic mass is 9.99. The van der Waals surface area contributed by atoms with Gasteiger partial charge in [0.05, 0.1) is 4.83 Å². The third-order valence-corrected chi connectivity index (χ3v) is 4.99. The monoisotopic (exact) mass is 338 g/mol. The highest BCUT2D eigenvalue weighted by Crippen LogP contribution is 2.24. The third kappa shape index (κ3) is 3.98. The normalized spacial score (nSPS) is 17.9. The Balaban J connectivity index is 1.94. The fourth-order valence-corrected chi connectivity index (χ4v) is 2.54. The van der Waals surface area contributed by atoms with Crippen LogP contribution in [0, 0.1) is 5.92 Å². The average Bonchev–Trinajstić information content (AvgIpc) is 2.48. The largest absolute Gasteiger partial charge is 0.372 e. The first-order valence-corrected chi connectivity index (χ1v) is 8.31. The minimum absolute atomic E-state index is 0.0204. The number of hydrogen-bond acceptors (Lipinski definition) is 2. The van der Waals surface area contributed by atoms with Gasteiger partial charge in [-0.25, -0.2) is 0 Å². The number of carbonyl (C=O) groups is 1. The number of carbonyl (C=O) groups excluding carboxylic acids is 1. The van der Waals surface area contributed by atoms with Gasteiger partial charge in [-0.1, -0.05) is 29.8 Å².